The minimum atomic E-state index is -0.107. The van der Waals surface area contributed by atoms with Gasteiger partial charge in [-0.25, -0.2) is 0 Å². The van der Waals surface area contributed by atoms with E-state index >= 15 is 0 Å². The minimum absolute atomic E-state index is 0.101. The second-order valence-corrected chi connectivity index (χ2v) is 5.45. The number of fused-ring (bicyclic) bond motifs is 7. The van der Waals surface area contributed by atoms with Gasteiger partial charge in [-0.05, 0) is 12.5 Å². The molecule has 2 aliphatic heterocycles. The molecule has 1 aliphatic carbocycles. The van der Waals surface area contributed by atoms with Crippen molar-refractivity contribution in [3.8, 4) is 0 Å². The summed E-state index contributed by atoms with van der Waals surface area (Å²) in [6.45, 7) is 2.23. The summed E-state index contributed by atoms with van der Waals surface area (Å²) in [5.41, 5.74) is 3.24. The average molecular weight is 237 g/mol. The summed E-state index contributed by atoms with van der Waals surface area (Å²) < 4.78 is 0. The molecule has 0 aromatic heterocycles. The van der Waals surface area contributed by atoms with Gasteiger partial charge in [-0.15, -0.1) is 0 Å². The highest BCUT2D eigenvalue weighted by Gasteiger charge is 2.51. The summed E-state index contributed by atoms with van der Waals surface area (Å²) in [6, 6.07) is 8.35. The van der Waals surface area contributed by atoms with Crippen molar-refractivity contribution in [2.75, 3.05) is 0 Å². The zero-order valence-electron chi connectivity index (χ0n) is 10.2. The van der Waals surface area contributed by atoms with E-state index in [9.17, 15) is 5.11 Å². The third-order valence-electron chi connectivity index (χ3n) is 4.51. The van der Waals surface area contributed by atoms with E-state index in [0.717, 1.165) is 11.3 Å². The maximum Gasteiger partial charge on any atom is 0.123 e. The van der Waals surface area contributed by atoms with Gasteiger partial charge in [0.15, 0.2) is 0 Å². The van der Waals surface area contributed by atoms with Crippen LogP contribution in [0.25, 0.3) is 5.70 Å². The second-order valence-electron chi connectivity index (χ2n) is 5.45. The van der Waals surface area contributed by atoms with Crippen molar-refractivity contribution < 1.29 is 5.11 Å². The van der Waals surface area contributed by atoms with Gasteiger partial charge >= 0.3 is 0 Å². The van der Waals surface area contributed by atoms with Crippen LogP contribution in [0.4, 0.5) is 0 Å². The largest absolute Gasteiger partial charge is 0.509 e. The number of rotatable bonds is 0. The SMILES string of the molecule is CC12NC(=C(O)C3C=CC=CC31)c1ccccc12. The molecule has 0 spiro atoms. The van der Waals surface area contributed by atoms with Crippen molar-refractivity contribution in [2.45, 2.75) is 12.5 Å². The molecule has 4 rings (SSSR count). The molecule has 18 heavy (non-hydrogen) atoms. The summed E-state index contributed by atoms with van der Waals surface area (Å²) in [5.74, 6) is 0.849. The minimum Gasteiger partial charge on any atom is -0.509 e. The fraction of sp³-hybridized carbons (Fsp3) is 0.250. The number of nitrogens with one attached hydrogen (secondary N) is 1. The number of benzene rings is 1. The third kappa shape index (κ3) is 0.993. The number of allylic oxidation sites excluding steroid dienone is 3. The Kier molecular flexibility index (Phi) is 1.71. The Morgan fingerprint density at radius 2 is 1.94 bits per heavy atom. The summed E-state index contributed by atoms with van der Waals surface area (Å²) in [5, 5.41) is 14.0. The van der Waals surface area contributed by atoms with Gasteiger partial charge in [0.2, 0.25) is 0 Å². The molecule has 2 heterocycles. The van der Waals surface area contributed by atoms with E-state index in [2.05, 4.69) is 48.7 Å². The highest BCUT2D eigenvalue weighted by molar-refractivity contribution is 5.77. The summed E-state index contributed by atoms with van der Waals surface area (Å²) in [7, 11) is 0. The Bertz CT molecular complexity index is 626. The van der Waals surface area contributed by atoms with Gasteiger partial charge in [0, 0.05) is 17.4 Å². The fourth-order valence-electron chi connectivity index (χ4n) is 3.60. The van der Waals surface area contributed by atoms with Crippen molar-refractivity contribution in [3.63, 3.8) is 0 Å². The Morgan fingerprint density at radius 1 is 1.17 bits per heavy atom. The lowest BCUT2D eigenvalue weighted by Crippen LogP contribution is -2.47. The predicted molar refractivity (Wildman–Crippen MR) is 71.7 cm³/mol. The molecule has 2 nitrogen and oxygen atoms in total. The summed E-state index contributed by atoms with van der Waals surface area (Å²) in [4.78, 5) is 0. The molecule has 2 heteroatoms. The first-order valence-electron chi connectivity index (χ1n) is 6.38. The van der Waals surface area contributed by atoms with E-state index in [0.29, 0.717) is 5.76 Å². The molecule has 1 aromatic carbocycles. The number of hydrogen-bond donors (Lipinski definition) is 2. The van der Waals surface area contributed by atoms with Crippen LogP contribution in [-0.2, 0) is 5.54 Å². The molecule has 3 atom stereocenters. The quantitative estimate of drug-likeness (QED) is 0.726. The van der Waals surface area contributed by atoms with Crippen LogP contribution in [0.5, 0.6) is 0 Å². The highest BCUT2D eigenvalue weighted by atomic mass is 16.3. The number of aliphatic hydroxyl groups excluding tert-OH is 1. The first-order valence-corrected chi connectivity index (χ1v) is 6.38. The van der Waals surface area contributed by atoms with E-state index in [1.54, 1.807) is 0 Å². The number of hydrogen-bond acceptors (Lipinski definition) is 2. The van der Waals surface area contributed by atoms with Crippen molar-refractivity contribution >= 4 is 5.70 Å². The van der Waals surface area contributed by atoms with Crippen LogP contribution in [0, 0.1) is 11.8 Å². The molecule has 90 valence electrons. The third-order valence-corrected chi connectivity index (χ3v) is 4.51. The molecular formula is C16H15NO. The van der Waals surface area contributed by atoms with Crippen LogP contribution >= 0.6 is 0 Å². The molecule has 0 amide bonds. The first kappa shape index (κ1) is 10.0. The normalized spacial score (nSPS) is 35.2. The predicted octanol–water partition coefficient (Wildman–Crippen LogP) is 3.10. The molecule has 2 bridgehead atoms. The van der Waals surface area contributed by atoms with Gasteiger partial charge in [0.25, 0.3) is 0 Å². The molecule has 0 saturated carbocycles. The van der Waals surface area contributed by atoms with E-state index in [-0.39, 0.29) is 17.4 Å². The maximum absolute atomic E-state index is 10.5. The van der Waals surface area contributed by atoms with Crippen LogP contribution in [0.2, 0.25) is 0 Å². The maximum atomic E-state index is 10.5. The van der Waals surface area contributed by atoms with Gasteiger partial charge in [-0.2, -0.15) is 0 Å². The van der Waals surface area contributed by atoms with Crippen molar-refractivity contribution in [2.24, 2.45) is 11.8 Å². The van der Waals surface area contributed by atoms with Gasteiger partial charge in [0.1, 0.15) is 5.76 Å². The lowest BCUT2D eigenvalue weighted by molar-refractivity contribution is 0.212. The van der Waals surface area contributed by atoms with Crippen molar-refractivity contribution in [1.29, 1.82) is 0 Å². The van der Waals surface area contributed by atoms with Gasteiger partial charge in [0.05, 0.1) is 11.2 Å². The van der Waals surface area contributed by atoms with Crippen LogP contribution in [-0.4, -0.2) is 5.11 Å². The topological polar surface area (TPSA) is 32.3 Å². The Labute approximate surface area is 106 Å². The van der Waals surface area contributed by atoms with Crippen molar-refractivity contribution in [3.05, 3.63) is 65.5 Å². The van der Waals surface area contributed by atoms with Crippen LogP contribution < -0.4 is 5.32 Å². The standard InChI is InChI=1S/C16H15NO/c1-16-12-8-4-2-6-10(12)14(17-16)15(18)11-7-3-5-9-13(11)16/h2-9,11,13,17-18H,1H3. The summed E-state index contributed by atoms with van der Waals surface area (Å²) in [6.07, 6.45) is 8.40. The van der Waals surface area contributed by atoms with Crippen LogP contribution in [0.3, 0.4) is 0 Å². The zero-order valence-corrected chi connectivity index (χ0v) is 10.2. The lowest BCUT2D eigenvalue weighted by Gasteiger charge is -2.41. The molecule has 1 aromatic rings. The number of aliphatic hydroxyl groups is 1. The average Bonchev–Trinajstić information content (AvgIpc) is 2.70. The first-order chi connectivity index (χ1) is 8.72. The molecule has 3 unspecified atom stereocenters. The zero-order chi connectivity index (χ0) is 12.3. The van der Waals surface area contributed by atoms with Gasteiger partial charge in [-0.3, -0.25) is 0 Å². The highest BCUT2D eigenvalue weighted by Crippen LogP contribution is 2.52. The van der Waals surface area contributed by atoms with E-state index in [4.69, 9.17) is 0 Å². The Morgan fingerprint density at radius 3 is 2.83 bits per heavy atom. The Hall–Kier alpha value is -1.96. The Balaban J connectivity index is 2.05. The van der Waals surface area contributed by atoms with Crippen LogP contribution in [0.1, 0.15) is 18.1 Å². The molecule has 0 radical (unpaired) electrons. The van der Waals surface area contributed by atoms with Crippen molar-refractivity contribution in [1.82, 2.24) is 5.32 Å². The molecule has 0 saturated heterocycles. The van der Waals surface area contributed by atoms with Gasteiger partial charge < -0.3 is 10.4 Å². The fourth-order valence-corrected chi connectivity index (χ4v) is 3.60. The summed E-state index contributed by atoms with van der Waals surface area (Å²) >= 11 is 0. The smallest absolute Gasteiger partial charge is 0.123 e. The lowest BCUT2D eigenvalue weighted by atomic mass is 9.71. The van der Waals surface area contributed by atoms with Crippen LogP contribution in [0.15, 0.2) is 54.3 Å². The molecular weight excluding hydrogens is 222 g/mol. The monoisotopic (exact) mass is 237 g/mol. The second kappa shape index (κ2) is 3.08. The molecule has 2 N–H and O–H groups in total. The van der Waals surface area contributed by atoms with Gasteiger partial charge in [-0.1, -0.05) is 48.6 Å². The molecule has 0 fully saturated rings. The molecule has 3 aliphatic rings. The van der Waals surface area contributed by atoms with E-state index in [1.165, 1.54) is 5.56 Å². The van der Waals surface area contributed by atoms with E-state index in [1.807, 2.05) is 12.1 Å². The van der Waals surface area contributed by atoms with E-state index < -0.39 is 0 Å².